The number of anilines is 2. The van der Waals surface area contributed by atoms with Crippen LogP contribution < -0.4 is 10.6 Å². The summed E-state index contributed by atoms with van der Waals surface area (Å²) in [7, 11) is 1.81. The van der Waals surface area contributed by atoms with Gasteiger partial charge in [-0.15, -0.1) is 0 Å². The zero-order valence-corrected chi connectivity index (χ0v) is 9.26. The Morgan fingerprint density at radius 2 is 2.14 bits per heavy atom. The first-order valence-corrected chi connectivity index (χ1v) is 4.86. The van der Waals surface area contributed by atoms with Crippen LogP contribution in [0, 0.1) is 0 Å². The molecule has 0 spiro atoms. The predicted octanol–water partition coefficient (Wildman–Crippen LogP) is 2.12. The van der Waals surface area contributed by atoms with E-state index in [1.807, 2.05) is 13.1 Å². The van der Waals surface area contributed by atoms with Crippen molar-refractivity contribution in [3.8, 4) is 0 Å². The molecule has 0 bridgehead atoms. The molecule has 14 heavy (non-hydrogen) atoms. The highest BCUT2D eigenvalue weighted by atomic mass is 15.1. The fraction of sp³-hybridized carbons (Fsp3) is 0.600. The molecule has 0 unspecified atom stereocenters. The van der Waals surface area contributed by atoms with E-state index >= 15 is 0 Å². The molecule has 0 aliphatic heterocycles. The molecule has 0 amide bonds. The molecule has 0 aromatic carbocycles. The number of aromatic nitrogens is 2. The number of nitrogens with zero attached hydrogens (tertiary/aromatic N) is 2. The van der Waals surface area contributed by atoms with Gasteiger partial charge in [0.05, 0.1) is 0 Å². The van der Waals surface area contributed by atoms with E-state index in [2.05, 4.69) is 41.4 Å². The van der Waals surface area contributed by atoms with Crippen molar-refractivity contribution in [3.63, 3.8) is 0 Å². The Morgan fingerprint density at radius 1 is 1.43 bits per heavy atom. The highest BCUT2D eigenvalue weighted by Crippen LogP contribution is 2.15. The summed E-state index contributed by atoms with van der Waals surface area (Å²) in [5, 5.41) is 6.26. The van der Waals surface area contributed by atoms with E-state index in [1.54, 1.807) is 6.20 Å². The van der Waals surface area contributed by atoms with Crippen molar-refractivity contribution in [2.45, 2.75) is 32.7 Å². The predicted molar refractivity (Wildman–Crippen MR) is 59.6 cm³/mol. The molecular weight excluding hydrogens is 176 g/mol. The quantitative estimate of drug-likeness (QED) is 0.770. The Kier molecular flexibility index (Phi) is 3.28. The summed E-state index contributed by atoms with van der Waals surface area (Å²) in [6, 6.07) is 1.87. The smallest absolute Gasteiger partial charge is 0.224 e. The van der Waals surface area contributed by atoms with E-state index in [9.17, 15) is 0 Å². The summed E-state index contributed by atoms with van der Waals surface area (Å²) < 4.78 is 0. The van der Waals surface area contributed by atoms with Gasteiger partial charge in [0.15, 0.2) is 0 Å². The molecule has 1 rings (SSSR count). The number of rotatable bonds is 4. The normalized spacial score (nSPS) is 11.1. The number of hydrogen-bond donors (Lipinski definition) is 2. The zero-order chi connectivity index (χ0) is 10.6. The van der Waals surface area contributed by atoms with Crippen LogP contribution in [0.15, 0.2) is 12.3 Å². The molecule has 78 valence electrons. The minimum absolute atomic E-state index is 0.0688. The average Bonchev–Trinajstić information content (AvgIpc) is 2.17. The molecule has 2 N–H and O–H groups in total. The lowest BCUT2D eigenvalue weighted by Crippen LogP contribution is -2.30. The Hall–Kier alpha value is -1.32. The minimum Gasteiger partial charge on any atom is -0.365 e. The molecule has 4 nitrogen and oxygen atoms in total. The largest absolute Gasteiger partial charge is 0.365 e. The van der Waals surface area contributed by atoms with E-state index in [0.29, 0.717) is 5.95 Å². The molecule has 1 aromatic rings. The van der Waals surface area contributed by atoms with Crippen LogP contribution in [-0.4, -0.2) is 22.6 Å². The highest BCUT2D eigenvalue weighted by Gasteiger charge is 2.14. The van der Waals surface area contributed by atoms with Gasteiger partial charge < -0.3 is 10.6 Å². The van der Waals surface area contributed by atoms with E-state index < -0.39 is 0 Å². The average molecular weight is 194 g/mol. The van der Waals surface area contributed by atoms with Crippen LogP contribution in [0.4, 0.5) is 11.8 Å². The third kappa shape index (κ3) is 2.87. The van der Waals surface area contributed by atoms with Crippen molar-refractivity contribution in [2.75, 3.05) is 17.7 Å². The number of nitrogens with one attached hydrogen (secondary N) is 2. The zero-order valence-electron chi connectivity index (χ0n) is 9.26. The fourth-order valence-electron chi connectivity index (χ4n) is 0.984. The minimum atomic E-state index is 0.0688. The van der Waals surface area contributed by atoms with Gasteiger partial charge >= 0.3 is 0 Å². The van der Waals surface area contributed by atoms with Crippen molar-refractivity contribution >= 4 is 11.8 Å². The molecule has 0 aliphatic rings. The van der Waals surface area contributed by atoms with Gasteiger partial charge in [0, 0.05) is 18.8 Å². The molecule has 4 heteroatoms. The maximum absolute atomic E-state index is 4.29. The van der Waals surface area contributed by atoms with Crippen molar-refractivity contribution in [2.24, 2.45) is 0 Å². The monoisotopic (exact) mass is 194 g/mol. The molecule has 0 saturated carbocycles. The van der Waals surface area contributed by atoms with Gasteiger partial charge in [0.1, 0.15) is 5.82 Å². The Labute approximate surface area is 85.2 Å². The lowest BCUT2D eigenvalue weighted by Gasteiger charge is -2.25. The molecule has 0 fully saturated rings. The molecule has 0 aliphatic carbocycles. The summed E-state index contributed by atoms with van der Waals surface area (Å²) in [6.45, 7) is 6.44. The molecule has 0 radical (unpaired) electrons. The summed E-state index contributed by atoms with van der Waals surface area (Å²) >= 11 is 0. The summed E-state index contributed by atoms with van der Waals surface area (Å²) in [6.07, 6.45) is 2.79. The van der Waals surface area contributed by atoms with Crippen LogP contribution in [-0.2, 0) is 0 Å². The lowest BCUT2D eigenvalue weighted by atomic mass is 10.0. The van der Waals surface area contributed by atoms with Gasteiger partial charge in [0.2, 0.25) is 5.95 Å². The first-order chi connectivity index (χ1) is 6.57. The standard InChI is InChI=1S/C10H18N4/c1-5-10(2,3)14-8-6-7-12-9(11-4)13-8/h6-7H,5H2,1-4H3,(H2,11,12,13,14). The lowest BCUT2D eigenvalue weighted by molar-refractivity contribution is 0.545. The third-order valence-corrected chi connectivity index (χ3v) is 2.23. The Morgan fingerprint density at radius 3 is 2.71 bits per heavy atom. The van der Waals surface area contributed by atoms with Crippen LogP contribution in [0.25, 0.3) is 0 Å². The second-order valence-corrected chi connectivity index (χ2v) is 3.88. The molecule has 1 heterocycles. The number of hydrogen-bond acceptors (Lipinski definition) is 4. The molecule has 0 saturated heterocycles. The van der Waals surface area contributed by atoms with Crippen molar-refractivity contribution in [1.82, 2.24) is 9.97 Å². The SMILES string of the molecule is CCC(C)(C)Nc1ccnc(NC)n1. The van der Waals surface area contributed by atoms with Crippen LogP contribution in [0.5, 0.6) is 0 Å². The van der Waals surface area contributed by atoms with E-state index in [-0.39, 0.29) is 5.54 Å². The van der Waals surface area contributed by atoms with Crippen LogP contribution in [0.2, 0.25) is 0 Å². The van der Waals surface area contributed by atoms with Crippen LogP contribution in [0.1, 0.15) is 27.2 Å². The van der Waals surface area contributed by atoms with Crippen molar-refractivity contribution in [3.05, 3.63) is 12.3 Å². The van der Waals surface area contributed by atoms with Gasteiger partial charge in [-0.3, -0.25) is 0 Å². The summed E-state index contributed by atoms with van der Waals surface area (Å²) in [4.78, 5) is 8.34. The summed E-state index contributed by atoms with van der Waals surface area (Å²) in [5.74, 6) is 1.50. The fourth-order valence-corrected chi connectivity index (χ4v) is 0.984. The van der Waals surface area contributed by atoms with E-state index in [4.69, 9.17) is 0 Å². The molecule has 1 aromatic heterocycles. The topological polar surface area (TPSA) is 49.8 Å². The van der Waals surface area contributed by atoms with Gasteiger partial charge in [-0.2, -0.15) is 4.98 Å². The first kappa shape index (κ1) is 10.8. The van der Waals surface area contributed by atoms with Crippen LogP contribution >= 0.6 is 0 Å². The molecular formula is C10H18N4. The van der Waals surface area contributed by atoms with Crippen LogP contribution in [0.3, 0.4) is 0 Å². The second-order valence-electron chi connectivity index (χ2n) is 3.88. The molecule has 0 atom stereocenters. The Balaban J connectivity index is 2.76. The highest BCUT2D eigenvalue weighted by molar-refractivity contribution is 5.41. The van der Waals surface area contributed by atoms with E-state index in [0.717, 1.165) is 12.2 Å². The van der Waals surface area contributed by atoms with E-state index in [1.165, 1.54) is 0 Å². The van der Waals surface area contributed by atoms with Gasteiger partial charge in [-0.1, -0.05) is 6.92 Å². The van der Waals surface area contributed by atoms with Gasteiger partial charge in [-0.05, 0) is 26.3 Å². The van der Waals surface area contributed by atoms with Crippen molar-refractivity contribution in [1.29, 1.82) is 0 Å². The maximum Gasteiger partial charge on any atom is 0.224 e. The first-order valence-electron chi connectivity index (χ1n) is 4.86. The summed E-state index contributed by atoms with van der Waals surface area (Å²) in [5.41, 5.74) is 0.0688. The van der Waals surface area contributed by atoms with Gasteiger partial charge in [0.25, 0.3) is 0 Å². The van der Waals surface area contributed by atoms with Gasteiger partial charge in [-0.25, -0.2) is 4.98 Å². The maximum atomic E-state index is 4.29. The Bertz CT molecular complexity index is 296. The van der Waals surface area contributed by atoms with Crippen molar-refractivity contribution < 1.29 is 0 Å². The second kappa shape index (κ2) is 4.26. The third-order valence-electron chi connectivity index (χ3n) is 2.23.